The molecule has 0 saturated carbocycles. The Bertz CT molecular complexity index is 2810. The molecule has 412 valence electrons. The van der Waals surface area contributed by atoms with Gasteiger partial charge in [0, 0.05) is 73.9 Å². The van der Waals surface area contributed by atoms with Gasteiger partial charge < -0.3 is 33.5 Å². The van der Waals surface area contributed by atoms with Crippen LogP contribution in [0.4, 0.5) is 0 Å². The summed E-state index contributed by atoms with van der Waals surface area (Å²) in [6, 6.07) is 13.1. The van der Waals surface area contributed by atoms with Crippen LogP contribution in [0, 0.1) is 24.7 Å². The highest BCUT2D eigenvalue weighted by atomic mass is 28.3. The van der Waals surface area contributed by atoms with E-state index in [0.717, 1.165) is 39.4 Å². The second-order valence-electron chi connectivity index (χ2n) is 21.8. The molecule has 0 saturated heterocycles. The van der Waals surface area contributed by atoms with Gasteiger partial charge in [-0.25, -0.2) is 9.97 Å². The Morgan fingerprint density at radius 3 is 1.68 bits per heavy atom. The summed E-state index contributed by atoms with van der Waals surface area (Å²) in [4.78, 5) is 51.6. The van der Waals surface area contributed by atoms with Crippen LogP contribution in [-0.2, 0) is 25.8 Å². The molecule has 76 heavy (non-hydrogen) atoms. The Kier molecular flexibility index (Phi) is 20.8. The molecule has 6 rings (SSSR count). The number of esters is 1. The zero-order valence-corrected chi connectivity index (χ0v) is 48.5. The fraction of sp³-hybridized carbons (Fsp3) is 0.536. The molecular formula is C56H80N10O9Si. The highest BCUT2D eigenvalue weighted by Gasteiger charge is 2.40. The number of aromatic amines is 1. The van der Waals surface area contributed by atoms with E-state index < -0.39 is 30.5 Å². The number of pyridine rings is 4. The third kappa shape index (κ3) is 16.6. The summed E-state index contributed by atoms with van der Waals surface area (Å²) in [6.45, 7) is 33.2. The summed E-state index contributed by atoms with van der Waals surface area (Å²) < 4.78 is 36.4. The number of aliphatic carboxylic acids is 1. The fourth-order valence-electron chi connectivity index (χ4n) is 7.60. The molecule has 0 atom stereocenters. The highest BCUT2D eigenvalue weighted by molar-refractivity contribution is 6.76. The molecular weight excluding hydrogens is 985 g/mol. The van der Waals surface area contributed by atoms with Crippen molar-refractivity contribution in [1.82, 2.24) is 49.9 Å². The topological polar surface area (TPSA) is 234 Å². The van der Waals surface area contributed by atoms with Gasteiger partial charge in [-0.05, 0) is 117 Å². The number of aromatic nitrogens is 10. The number of nitrogens with one attached hydrogen (secondary N) is 1. The van der Waals surface area contributed by atoms with E-state index in [4.69, 9.17) is 28.4 Å². The number of carboxylic acids is 1. The number of H-pyrrole nitrogens is 1. The Morgan fingerprint density at radius 1 is 0.711 bits per heavy atom. The van der Waals surface area contributed by atoms with Crippen LogP contribution in [-0.4, -0.2) is 113 Å². The summed E-state index contributed by atoms with van der Waals surface area (Å²) in [6.07, 6.45) is 9.15. The van der Waals surface area contributed by atoms with E-state index in [-0.39, 0.29) is 44.1 Å². The van der Waals surface area contributed by atoms with E-state index in [1.807, 2.05) is 126 Å². The lowest BCUT2D eigenvalue weighted by atomic mass is 9.83. The van der Waals surface area contributed by atoms with Gasteiger partial charge in [-0.3, -0.25) is 24.7 Å². The van der Waals surface area contributed by atoms with Gasteiger partial charge >= 0.3 is 24.0 Å². The van der Waals surface area contributed by atoms with Crippen molar-refractivity contribution in [3.05, 3.63) is 72.3 Å². The van der Waals surface area contributed by atoms with Crippen molar-refractivity contribution >= 4 is 20.0 Å². The molecule has 0 aliphatic heterocycles. The summed E-state index contributed by atoms with van der Waals surface area (Å²) in [5.41, 5.74) is 4.64. The molecule has 2 N–H and O–H groups in total. The minimum absolute atomic E-state index is 0.0131. The Labute approximate surface area is 449 Å². The number of hydrogen-bond acceptors (Lipinski definition) is 16. The van der Waals surface area contributed by atoms with Crippen molar-refractivity contribution in [2.75, 3.05) is 19.8 Å². The first-order valence-corrected chi connectivity index (χ1v) is 29.9. The van der Waals surface area contributed by atoms with E-state index in [1.54, 1.807) is 29.5 Å². The van der Waals surface area contributed by atoms with Crippen molar-refractivity contribution in [3.63, 3.8) is 0 Å². The number of ether oxygens (including phenoxy) is 6. The molecule has 19 nitrogen and oxygen atoms in total. The minimum Gasteiger partial charge on any atom is -0.481 e. The number of carbonyl (C=O) groups excluding carboxylic acids is 1. The second-order valence-corrected chi connectivity index (χ2v) is 27.4. The van der Waals surface area contributed by atoms with E-state index in [0.29, 0.717) is 73.1 Å². The molecule has 0 fully saturated rings. The molecule has 6 aromatic heterocycles. The molecule has 0 aromatic carbocycles. The summed E-state index contributed by atoms with van der Waals surface area (Å²) >= 11 is 0. The van der Waals surface area contributed by atoms with Gasteiger partial charge in [-0.1, -0.05) is 59.5 Å². The number of rotatable bonds is 25. The number of carbonyl (C=O) groups is 2. The van der Waals surface area contributed by atoms with Crippen molar-refractivity contribution in [1.29, 1.82) is 0 Å². The Hall–Kier alpha value is -6.80. The van der Waals surface area contributed by atoms with Crippen molar-refractivity contribution in [2.45, 2.75) is 166 Å². The van der Waals surface area contributed by atoms with Gasteiger partial charge in [0.1, 0.15) is 47.8 Å². The first-order chi connectivity index (χ1) is 35.8. The van der Waals surface area contributed by atoms with Crippen molar-refractivity contribution in [2.24, 2.45) is 10.8 Å². The average molecular weight is 1070 g/mol. The van der Waals surface area contributed by atoms with Crippen LogP contribution in [0.1, 0.15) is 113 Å². The smallest absolute Gasteiger partial charge is 0.336 e. The van der Waals surface area contributed by atoms with Gasteiger partial charge in [0.2, 0.25) is 17.6 Å². The van der Waals surface area contributed by atoms with Crippen LogP contribution in [0.15, 0.2) is 61.2 Å². The summed E-state index contributed by atoms with van der Waals surface area (Å²) in [5.74, 6) is 0.773. The average Bonchev–Trinajstić information content (AvgIpc) is 3.99. The number of hydrogen-bond donors (Lipinski definition) is 2. The maximum Gasteiger partial charge on any atom is 0.336 e. The summed E-state index contributed by atoms with van der Waals surface area (Å²) in [5, 5.41) is 21.1. The molecule has 6 heterocycles. The van der Waals surface area contributed by atoms with Crippen molar-refractivity contribution in [3.8, 4) is 69.1 Å². The first kappa shape index (κ1) is 60.1. The normalized spacial score (nSPS) is 12.1. The standard InChI is InChI=1S/C33H51N5O5Si.C23H29N5O4/c1-12-33(13-2,30(39)43-32(6,7)8)21-41-28-18-24(5)26(20-35-28)25-14-15-27(34-19-25)29-36-31(42-23(3)4)38(37-29)22-40-16-17-44(9,10)11;1-6-23(7-2,21(29)30)13-31-19-10-15(5)17(12-25-19)16-8-9-18(24-11-16)20-26-22(28-27-20)32-14(3)4/h14-15,18-20,23H,12-13,16-17,21-22H2,1-11H3;8-12,14H,6-7,13H2,1-5H3,(H,29,30)(H,26,27,28). The molecule has 0 spiro atoms. The molecule has 0 amide bonds. The molecule has 20 heteroatoms. The zero-order chi connectivity index (χ0) is 56.0. The van der Waals surface area contributed by atoms with Gasteiger partial charge in [0.05, 0.1) is 12.2 Å². The molecule has 0 bridgehead atoms. The lowest BCUT2D eigenvalue weighted by Crippen LogP contribution is -2.41. The van der Waals surface area contributed by atoms with E-state index in [1.165, 1.54) is 0 Å². The minimum atomic E-state index is -1.19. The third-order valence-corrected chi connectivity index (χ3v) is 14.5. The van der Waals surface area contributed by atoms with E-state index in [9.17, 15) is 14.7 Å². The molecule has 0 radical (unpaired) electrons. The lowest BCUT2D eigenvalue weighted by molar-refractivity contribution is -0.170. The Balaban J connectivity index is 0.000000295. The van der Waals surface area contributed by atoms with Crippen LogP contribution in [0.5, 0.6) is 23.8 Å². The SMILES string of the molecule is CCC(CC)(COc1cc(C)c(-c2ccc(-c3nc(OC(C)C)n(COCC[Si](C)(C)C)n3)nc2)cn1)C(=O)OC(C)(C)C.CCC(CC)(COc1cc(C)c(-c2ccc(-c3nc(OC(C)C)n[nH]3)nc2)cn1)C(=O)O. The quantitative estimate of drug-likeness (QED) is 0.0308. The van der Waals surface area contributed by atoms with Crippen LogP contribution >= 0.6 is 0 Å². The van der Waals surface area contributed by atoms with E-state index in [2.05, 4.69) is 64.8 Å². The second kappa shape index (κ2) is 26.3. The van der Waals surface area contributed by atoms with Gasteiger partial charge in [0.15, 0.2) is 5.82 Å². The maximum absolute atomic E-state index is 13.0. The molecule has 6 aromatic rings. The van der Waals surface area contributed by atoms with E-state index >= 15 is 0 Å². The maximum atomic E-state index is 13.0. The van der Waals surface area contributed by atoms with Crippen LogP contribution in [0.2, 0.25) is 25.7 Å². The van der Waals surface area contributed by atoms with Crippen LogP contribution in [0.25, 0.3) is 45.3 Å². The largest absolute Gasteiger partial charge is 0.481 e. The fourth-order valence-corrected chi connectivity index (χ4v) is 8.36. The molecule has 0 aliphatic carbocycles. The number of nitrogens with zero attached hydrogens (tertiary/aromatic N) is 9. The summed E-state index contributed by atoms with van der Waals surface area (Å²) in [7, 11) is -1.19. The molecule has 0 unspecified atom stereocenters. The van der Waals surface area contributed by atoms with Crippen molar-refractivity contribution < 1.29 is 43.1 Å². The predicted octanol–water partition coefficient (Wildman–Crippen LogP) is 11.6. The lowest BCUT2D eigenvalue weighted by Gasteiger charge is -2.32. The number of aryl methyl sites for hydroxylation is 2. The van der Waals surface area contributed by atoms with Crippen LogP contribution in [0.3, 0.4) is 0 Å². The Morgan fingerprint density at radius 2 is 1.24 bits per heavy atom. The van der Waals surface area contributed by atoms with Gasteiger partial charge in [0.25, 0.3) is 0 Å². The highest BCUT2D eigenvalue weighted by Crippen LogP contribution is 2.34. The first-order valence-electron chi connectivity index (χ1n) is 26.2. The van der Waals surface area contributed by atoms with Gasteiger partial charge in [-0.2, -0.15) is 14.6 Å². The van der Waals surface area contributed by atoms with Crippen LogP contribution < -0.4 is 18.9 Å². The zero-order valence-electron chi connectivity index (χ0n) is 47.5. The predicted molar refractivity (Wildman–Crippen MR) is 295 cm³/mol. The monoisotopic (exact) mass is 1060 g/mol. The number of carboxylic acid groups (broad SMARTS) is 1. The van der Waals surface area contributed by atoms with Gasteiger partial charge in [-0.15, -0.1) is 10.2 Å². The third-order valence-electron chi connectivity index (χ3n) is 12.8. The molecule has 0 aliphatic rings.